The molecular weight excluding hydrogens is 708 g/mol. The fraction of sp³-hybridized carbons (Fsp3) is 0.457. The van der Waals surface area contributed by atoms with Gasteiger partial charge in [0.15, 0.2) is 0 Å². The number of methoxy groups -OCH3 is 1. The van der Waals surface area contributed by atoms with Crippen molar-refractivity contribution in [3.63, 3.8) is 0 Å². The van der Waals surface area contributed by atoms with Crippen LogP contribution in [0.15, 0.2) is 59.5 Å². The van der Waals surface area contributed by atoms with Crippen LogP contribution >= 0.6 is 11.6 Å². The van der Waals surface area contributed by atoms with Crippen LogP contribution in [-0.2, 0) is 37.2 Å². The molecule has 3 rings (SSSR count). The van der Waals surface area contributed by atoms with Gasteiger partial charge < -0.3 is 30.2 Å². The fourth-order valence-corrected chi connectivity index (χ4v) is 6.56. The monoisotopic (exact) mass is 753 g/mol. The van der Waals surface area contributed by atoms with Crippen molar-refractivity contribution in [2.45, 2.75) is 83.6 Å². The lowest BCUT2D eigenvalue weighted by atomic mass is 9.90. The van der Waals surface area contributed by atoms with Crippen molar-refractivity contribution in [1.29, 1.82) is 0 Å². The molecule has 1 heterocycles. The molecule has 1 aromatic heterocycles. The first kappa shape index (κ1) is 41.2. The Kier molecular flexibility index (Phi) is 14.0. The van der Waals surface area contributed by atoms with Crippen LogP contribution in [-0.4, -0.2) is 63.2 Å². The first-order valence-corrected chi connectivity index (χ1v) is 17.9. The summed E-state index contributed by atoms with van der Waals surface area (Å²) in [4.78, 5) is 27.9. The van der Waals surface area contributed by atoms with E-state index >= 15 is 4.39 Å². The number of hydrogen-bond donors (Lipinski definition) is 3. The first-order valence-electron chi connectivity index (χ1n) is 16.1. The lowest BCUT2D eigenvalue weighted by molar-refractivity contribution is 0.0488. The number of pyridine rings is 1. The second-order valence-electron chi connectivity index (χ2n) is 13.8. The average molecular weight is 754 g/mol. The van der Waals surface area contributed by atoms with E-state index in [0.29, 0.717) is 10.7 Å². The zero-order valence-electron chi connectivity index (χ0n) is 30.0. The van der Waals surface area contributed by atoms with E-state index in [1.807, 2.05) is 24.3 Å². The summed E-state index contributed by atoms with van der Waals surface area (Å²) in [6, 6.07) is 12.4. The molecule has 0 aliphatic heterocycles. The van der Waals surface area contributed by atoms with Crippen LogP contribution in [0.4, 0.5) is 29.9 Å². The number of alkyl carbamates (subject to hydrolysis) is 2. The Bertz CT molecular complexity index is 1780. The van der Waals surface area contributed by atoms with Crippen LogP contribution in [0.5, 0.6) is 0 Å². The van der Waals surface area contributed by atoms with Gasteiger partial charge in [0.05, 0.1) is 10.7 Å². The third-order valence-electron chi connectivity index (χ3n) is 7.22. The van der Waals surface area contributed by atoms with Gasteiger partial charge in [-0.15, -0.1) is 0 Å². The average Bonchev–Trinajstić information content (AvgIpc) is 3.00. The van der Waals surface area contributed by atoms with Crippen molar-refractivity contribution >= 4 is 45.3 Å². The second-order valence-corrected chi connectivity index (χ2v) is 16.0. The highest BCUT2D eigenvalue weighted by molar-refractivity contribution is 7.92. The molecule has 51 heavy (non-hydrogen) atoms. The molecule has 0 spiro atoms. The number of sulfonamides is 1. The van der Waals surface area contributed by atoms with E-state index in [0.717, 1.165) is 29.3 Å². The van der Waals surface area contributed by atoms with Gasteiger partial charge in [0.25, 0.3) is 10.0 Å². The van der Waals surface area contributed by atoms with Gasteiger partial charge in [-0.25, -0.2) is 31.7 Å². The molecule has 16 heteroatoms. The summed E-state index contributed by atoms with van der Waals surface area (Å²) in [6.07, 6.45) is -0.822. The van der Waals surface area contributed by atoms with E-state index in [2.05, 4.69) is 20.9 Å². The highest BCUT2D eigenvalue weighted by Gasteiger charge is 2.31. The summed E-state index contributed by atoms with van der Waals surface area (Å²) < 4.78 is 73.0. The van der Waals surface area contributed by atoms with Crippen LogP contribution in [0.25, 0.3) is 0 Å². The van der Waals surface area contributed by atoms with Gasteiger partial charge >= 0.3 is 12.2 Å². The first-order chi connectivity index (χ1) is 23.7. The van der Waals surface area contributed by atoms with Crippen LogP contribution in [0.1, 0.15) is 59.6 Å². The van der Waals surface area contributed by atoms with Crippen molar-refractivity contribution in [3.8, 4) is 0 Å². The lowest BCUT2D eigenvalue weighted by Crippen LogP contribution is -2.44. The zero-order valence-corrected chi connectivity index (χ0v) is 31.5. The van der Waals surface area contributed by atoms with E-state index in [1.165, 1.54) is 19.2 Å². The highest BCUT2D eigenvalue weighted by atomic mass is 35.5. The Balaban J connectivity index is 1.90. The van der Waals surface area contributed by atoms with Gasteiger partial charge in [0.1, 0.15) is 34.5 Å². The van der Waals surface area contributed by atoms with Crippen molar-refractivity contribution < 1.29 is 41.0 Å². The van der Waals surface area contributed by atoms with E-state index in [1.54, 1.807) is 48.5 Å². The lowest BCUT2D eigenvalue weighted by Gasteiger charge is -2.28. The summed E-state index contributed by atoms with van der Waals surface area (Å²) in [5.41, 5.74) is 0.345. The number of amides is 2. The van der Waals surface area contributed by atoms with Crippen LogP contribution in [0.3, 0.4) is 0 Å². The van der Waals surface area contributed by atoms with Crippen molar-refractivity contribution in [2.75, 3.05) is 30.0 Å². The topological polar surface area (TPSA) is 148 Å². The molecular formula is C35H46ClF2N5O7S. The molecule has 0 saturated heterocycles. The number of carbonyl (C=O) groups is 2. The Morgan fingerprint density at radius 2 is 1.57 bits per heavy atom. The molecule has 0 aliphatic rings. The summed E-state index contributed by atoms with van der Waals surface area (Å²) in [7, 11) is -3.43. The number of benzene rings is 2. The minimum absolute atomic E-state index is 0.0876. The Labute approximate surface area is 303 Å². The van der Waals surface area contributed by atoms with Gasteiger partial charge in [-0.3, -0.25) is 0 Å². The van der Waals surface area contributed by atoms with Gasteiger partial charge in [0.2, 0.25) is 5.95 Å². The van der Waals surface area contributed by atoms with E-state index in [-0.39, 0.29) is 35.5 Å². The predicted octanol–water partition coefficient (Wildman–Crippen LogP) is 7.02. The Morgan fingerprint density at radius 1 is 0.941 bits per heavy atom. The standard InChI is InChI=1S/C35H46ClF2N5O7S/c1-22(41-33(45)50-35(5,6)7)25(16-23-12-9-10-13-24(23)19-40-32(44)49-34(2,3)4)20-39-28-18-27(37)29(17-26(28)36)51(46,47)43(21-48-8)31-15-11-14-30(38)42-31/h9-15,17-18,22,25,39H,16,19-21H2,1-8H3,(H,40,44)(H,41,45)/t22-,25+/m1/s1. The van der Waals surface area contributed by atoms with E-state index in [9.17, 15) is 22.4 Å². The summed E-state index contributed by atoms with van der Waals surface area (Å²) >= 11 is 6.52. The second kappa shape index (κ2) is 17.3. The molecule has 0 fully saturated rings. The summed E-state index contributed by atoms with van der Waals surface area (Å²) in [6.45, 7) is 12.1. The molecule has 2 amide bonds. The molecule has 0 bridgehead atoms. The number of anilines is 2. The quantitative estimate of drug-likeness (QED) is 0.117. The third-order valence-corrected chi connectivity index (χ3v) is 9.27. The van der Waals surface area contributed by atoms with Crippen LogP contribution in [0, 0.1) is 17.7 Å². The van der Waals surface area contributed by atoms with Crippen molar-refractivity contribution in [2.24, 2.45) is 5.92 Å². The van der Waals surface area contributed by atoms with Crippen LogP contribution in [0.2, 0.25) is 5.02 Å². The minimum atomic E-state index is -4.65. The van der Waals surface area contributed by atoms with Gasteiger partial charge in [-0.05, 0) is 90.3 Å². The molecule has 280 valence electrons. The normalized spacial score (nSPS) is 13.2. The van der Waals surface area contributed by atoms with Gasteiger partial charge in [-0.1, -0.05) is 41.9 Å². The van der Waals surface area contributed by atoms with Crippen LogP contribution < -0.4 is 20.3 Å². The molecule has 0 radical (unpaired) electrons. The number of aromatic nitrogens is 1. The van der Waals surface area contributed by atoms with Crippen molar-refractivity contribution in [3.05, 3.63) is 82.5 Å². The largest absolute Gasteiger partial charge is 0.444 e. The number of nitrogens with zero attached hydrogens (tertiary/aromatic N) is 2. The number of ether oxygens (including phenoxy) is 3. The zero-order chi connectivity index (χ0) is 38.1. The SMILES string of the molecule is COCN(c1cccc(F)n1)S(=O)(=O)c1cc(Cl)c(NC[C@H](Cc2ccccc2CNC(=O)OC(C)(C)C)[C@@H](C)NC(=O)OC(C)(C)C)cc1F. The molecule has 2 aromatic carbocycles. The molecule has 2 atom stereocenters. The number of carbonyl (C=O) groups excluding carboxylic acids is 2. The molecule has 0 aliphatic carbocycles. The molecule has 3 N–H and O–H groups in total. The molecule has 12 nitrogen and oxygen atoms in total. The molecule has 0 unspecified atom stereocenters. The fourth-order valence-electron chi connectivity index (χ4n) is 4.86. The van der Waals surface area contributed by atoms with E-state index < -0.39 is 62.8 Å². The smallest absolute Gasteiger partial charge is 0.407 e. The maximum atomic E-state index is 15.6. The summed E-state index contributed by atoms with van der Waals surface area (Å²) in [5.74, 6) is -2.74. The summed E-state index contributed by atoms with van der Waals surface area (Å²) in [5, 5.41) is 8.60. The third kappa shape index (κ3) is 12.5. The number of halogens is 3. The Hall–Kier alpha value is -4.21. The van der Waals surface area contributed by atoms with Gasteiger partial charge in [-0.2, -0.15) is 4.39 Å². The number of nitrogens with one attached hydrogen (secondary N) is 3. The maximum Gasteiger partial charge on any atom is 0.407 e. The highest BCUT2D eigenvalue weighted by Crippen LogP contribution is 2.32. The van der Waals surface area contributed by atoms with Crippen molar-refractivity contribution in [1.82, 2.24) is 15.6 Å². The number of rotatable bonds is 14. The molecule has 3 aromatic rings. The predicted molar refractivity (Wildman–Crippen MR) is 191 cm³/mol. The maximum absolute atomic E-state index is 15.6. The minimum Gasteiger partial charge on any atom is -0.444 e. The van der Waals surface area contributed by atoms with E-state index in [4.69, 9.17) is 25.8 Å². The molecule has 0 saturated carbocycles. The van der Waals surface area contributed by atoms with Gasteiger partial charge in [0, 0.05) is 32.2 Å². The Morgan fingerprint density at radius 3 is 2.18 bits per heavy atom. The number of hydrogen-bond acceptors (Lipinski definition) is 9.